The van der Waals surface area contributed by atoms with Crippen molar-refractivity contribution in [2.24, 2.45) is 0 Å². The summed E-state index contributed by atoms with van der Waals surface area (Å²) in [6.45, 7) is 2.50. The molecule has 0 spiro atoms. The molecular formula is C13H17NO5. The third-order valence-corrected chi connectivity index (χ3v) is 3.29. The Labute approximate surface area is 110 Å². The molecule has 1 aromatic heterocycles. The van der Waals surface area contributed by atoms with Crippen LogP contribution in [0.5, 0.6) is 0 Å². The molecule has 2 heterocycles. The van der Waals surface area contributed by atoms with E-state index in [1.165, 1.54) is 11.2 Å². The van der Waals surface area contributed by atoms with E-state index in [0.717, 1.165) is 0 Å². The van der Waals surface area contributed by atoms with Crippen LogP contribution in [0.1, 0.15) is 29.0 Å². The van der Waals surface area contributed by atoms with Crippen molar-refractivity contribution in [3.8, 4) is 0 Å². The highest BCUT2D eigenvalue weighted by Crippen LogP contribution is 2.19. The van der Waals surface area contributed by atoms with Gasteiger partial charge in [0.1, 0.15) is 12.3 Å². The summed E-state index contributed by atoms with van der Waals surface area (Å²) in [5.41, 5.74) is 0.424. The number of hydrogen-bond donors (Lipinski definition) is 1. The summed E-state index contributed by atoms with van der Waals surface area (Å²) in [6, 6.07) is 1.48. The number of carboxylic acid groups (broad SMARTS) is 1. The number of hydrogen-bond acceptors (Lipinski definition) is 4. The molecule has 1 fully saturated rings. The van der Waals surface area contributed by atoms with Crippen molar-refractivity contribution in [2.45, 2.75) is 25.8 Å². The predicted molar refractivity (Wildman–Crippen MR) is 66.0 cm³/mol. The molecule has 6 heteroatoms. The Balaban J connectivity index is 2.19. The molecule has 0 saturated carbocycles. The second-order valence-corrected chi connectivity index (χ2v) is 4.56. The fraction of sp³-hybridized carbons (Fsp3) is 0.538. The lowest BCUT2D eigenvalue weighted by molar-refractivity contribution is -0.138. The van der Waals surface area contributed by atoms with Crippen LogP contribution in [0.4, 0.5) is 0 Å². The van der Waals surface area contributed by atoms with E-state index in [1.54, 1.807) is 13.0 Å². The average Bonchev–Trinajstić information content (AvgIpc) is 2.82. The first-order valence-corrected chi connectivity index (χ1v) is 6.24. The van der Waals surface area contributed by atoms with Crippen molar-refractivity contribution in [1.82, 2.24) is 4.90 Å². The van der Waals surface area contributed by atoms with Crippen LogP contribution in [-0.2, 0) is 9.53 Å². The molecule has 0 atom stereocenters. The lowest BCUT2D eigenvalue weighted by Gasteiger charge is -2.33. The van der Waals surface area contributed by atoms with Crippen molar-refractivity contribution in [1.29, 1.82) is 0 Å². The van der Waals surface area contributed by atoms with Crippen LogP contribution in [0, 0.1) is 6.92 Å². The second kappa shape index (κ2) is 5.88. The van der Waals surface area contributed by atoms with Crippen LogP contribution in [0.2, 0.25) is 0 Å². The molecular weight excluding hydrogens is 250 g/mol. The van der Waals surface area contributed by atoms with E-state index in [2.05, 4.69) is 0 Å². The molecule has 0 aliphatic carbocycles. The molecule has 1 aliphatic heterocycles. The molecule has 1 N–H and O–H groups in total. The maximum Gasteiger partial charge on any atom is 0.323 e. The zero-order chi connectivity index (χ0) is 13.8. The summed E-state index contributed by atoms with van der Waals surface area (Å²) >= 11 is 0. The standard InChI is InChI=1S/C13H17NO5/c1-9-11(4-7-19-9)13(17)14(8-12(15)16)10-2-5-18-6-3-10/h4,7,10H,2-3,5-6,8H2,1H3,(H,15,16). The van der Waals surface area contributed by atoms with Crippen molar-refractivity contribution < 1.29 is 23.8 Å². The summed E-state index contributed by atoms with van der Waals surface area (Å²) in [5.74, 6) is -0.797. The van der Waals surface area contributed by atoms with Gasteiger partial charge in [-0.2, -0.15) is 0 Å². The number of aryl methyl sites for hydroxylation is 1. The lowest BCUT2D eigenvalue weighted by atomic mass is 10.1. The molecule has 6 nitrogen and oxygen atoms in total. The van der Waals surface area contributed by atoms with Crippen LogP contribution in [0.25, 0.3) is 0 Å². The SMILES string of the molecule is Cc1occc1C(=O)N(CC(=O)O)C1CCOCC1. The van der Waals surface area contributed by atoms with E-state index in [4.69, 9.17) is 14.3 Å². The highest BCUT2D eigenvalue weighted by atomic mass is 16.5. The minimum Gasteiger partial charge on any atom is -0.480 e. The number of ether oxygens (including phenoxy) is 1. The van der Waals surface area contributed by atoms with E-state index in [0.29, 0.717) is 37.4 Å². The summed E-state index contributed by atoms with van der Waals surface area (Å²) in [6.07, 6.45) is 2.76. The van der Waals surface area contributed by atoms with Gasteiger partial charge in [-0.3, -0.25) is 9.59 Å². The largest absolute Gasteiger partial charge is 0.480 e. The molecule has 0 bridgehead atoms. The molecule has 0 unspecified atom stereocenters. The third-order valence-electron chi connectivity index (χ3n) is 3.29. The lowest BCUT2D eigenvalue weighted by Crippen LogP contribution is -2.46. The third kappa shape index (κ3) is 3.14. The van der Waals surface area contributed by atoms with E-state index >= 15 is 0 Å². The second-order valence-electron chi connectivity index (χ2n) is 4.56. The van der Waals surface area contributed by atoms with E-state index in [1.807, 2.05) is 0 Å². The molecule has 0 radical (unpaired) electrons. The number of furan rings is 1. The smallest absolute Gasteiger partial charge is 0.323 e. The van der Waals surface area contributed by atoms with Crippen LogP contribution >= 0.6 is 0 Å². The van der Waals surface area contributed by atoms with Gasteiger partial charge < -0.3 is 19.2 Å². The van der Waals surface area contributed by atoms with E-state index in [-0.39, 0.29) is 18.5 Å². The average molecular weight is 267 g/mol. The fourth-order valence-corrected chi connectivity index (χ4v) is 2.27. The Morgan fingerprint density at radius 3 is 2.63 bits per heavy atom. The number of amides is 1. The Hall–Kier alpha value is -1.82. The van der Waals surface area contributed by atoms with Gasteiger partial charge >= 0.3 is 5.97 Å². The van der Waals surface area contributed by atoms with Crippen LogP contribution in [0.15, 0.2) is 16.7 Å². The van der Waals surface area contributed by atoms with Crippen molar-refractivity contribution >= 4 is 11.9 Å². The maximum atomic E-state index is 12.4. The number of aliphatic carboxylic acids is 1. The van der Waals surface area contributed by atoms with Gasteiger partial charge in [0.2, 0.25) is 0 Å². The molecule has 1 aromatic rings. The van der Waals surface area contributed by atoms with Gasteiger partial charge in [-0.1, -0.05) is 0 Å². The number of carbonyl (C=O) groups is 2. The zero-order valence-corrected chi connectivity index (χ0v) is 10.8. The molecule has 2 rings (SSSR count). The maximum absolute atomic E-state index is 12.4. The number of nitrogens with zero attached hydrogens (tertiary/aromatic N) is 1. The zero-order valence-electron chi connectivity index (χ0n) is 10.8. The van der Waals surface area contributed by atoms with Crippen molar-refractivity contribution in [3.05, 3.63) is 23.7 Å². The van der Waals surface area contributed by atoms with Crippen molar-refractivity contribution in [2.75, 3.05) is 19.8 Å². The van der Waals surface area contributed by atoms with Crippen LogP contribution in [-0.4, -0.2) is 47.7 Å². The van der Waals surface area contributed by atoms with Gasteiger partial charge in [0.15, 0.2) is 0 Å². The van der Waals surface area contributed by atoms with Gasteiger partial charge in [-0.05, 0) is 25.8 Å². The van der Waals surface area contributed by atoms with Crippen LogP contribution in [0.3, 0.4) is 0 Å². The topological polar surface area (TPSA) is 80.0 Å². The fourth-order valence-electron chi connectivity index (χ4n) is 2.27. The minimum atomic E-state index is -1.01. The molecule has 1 aliphatic rings. The van der Waals surface area contributed by atoms with Gasteiger partial charge in [-0.25, -0.2) is 0 Å². The first-order valence-electron chi connectivity index (χ1n) is 6.24. The molecule has 1 amide bonds. The van der Waals surface area contributed by atoms with Gasteiger partial charge in [0, 0.05) is 19.3 Å². The monoisotopic (exact) mass is 267 g/mol. The van der Waals surface area contributed by atoms with Gasteiger partial charge in [-0.15, -0.1) is 0 Å². The molecule has 104 valence electrons. The summed E-state index contributed by atoms with van der Waals surface area (Å²) < 4.78 is 10.4. The molecule has 0 aromatic carbocycles. The first kappa shape index (κ1) is 13.6. The Bertz CT molecular complexity index is 461. The number of carboxylic acids is 1. The van der Waals surface area contributed by atoms with Crippen molar-refractivity contribution in [3.63, 3.8) is 0 Å². The number of rotatable bonds is 4. The normalized spacial score (nSPS) is 16.3. The van der Waals surface area contributed by atoms with Gasteiger partial charge in [0.05, 0.1) is 11.8 Å². The highest BCUT2D eigenvalue weighted by molar-refractivity contribution is 5.96. The Morgan fingerprint density at radius 1 is 1.42 bits per heavy atom. The summed E-state index contributed by atoms with van der Waals surface area (Å²) in [5, 5.41) is 8.98. The quantitative estimate of drug-likeness (QED) is 0.889. The summed E-state index contributed by atoms with van der Waals surface area (Å²) in [4.78, 5) is 24.8. The molecule has 19 heavy (non-hydrogen) atoms. The predicted octanol–water partition coefficient (Wildman–Crippen LogP) is 1.29. The highest BCUT2D eigenvalue weighted by Gasteiger charge is 2.29. The van der Waals surface area contributed by atoms with E-state index < -0.39 is 5.97 Å². The molecule has 1 saturated heterocycles. The summed E-state index contributed by atoms with van der Waals surface area (Å²) in [7, 11) is 0. The Morgan fingerprint density at radius 2 is 2.11 bits per heavy atom. The van der Waals surface area contributed by atoms with Crippen LogP contribution < -0.4 is 0 Å². The Kier molecular flexibility index (Phi) is 4.21. The van der Waals surface area contributed by atoms with E-state index in [9.17, 15) is 9.59 Å². The minimum absolute atomic E-state index is 0.0911. The number of carbonyl (C=O) groups excluding carboxylic acids is 1. The first-order chi connectivity index (χ1) is 9.09. The van der Waals surface area contributed by atoms with Gasteiger partial charge in [0.25, 0.3) is 5.91 Å².